The van der Waals surface area contributed by atoms with Crippen LogP contribution in [0.25, 0.3) is 0 Å². The van der Waals surface area contributed by atoms with Gasteiger partial charge in [0.2, 0.25) is 0 Å². The van der Waals surface area contributed by atoms with Crippen LogP contribution in [0, 0.1) is 5.92 Å². The van der Waals surface area contributed by atoms with Gasteiger partial charge in [0.05, 0.1) is 11.0 Å². The molecular weight excluding hydrogens is 276 g/mol. The van der Waals surface area contributed by atoms with Crippen molar-refractivity contribution in [1.29, 1.82) is 0 Å². The third-order valence-electron chi connectivity index (χ3n) is 3.58. The fourth-order valence-corrected chi connectivity index (χ4v) is 2.56. The second-order valence-corrected chi connectivity index (χ2v) is 5.84. The van der Waals surface area contributed by atoms with Crippen molar-refractivity contribution in [2.75, 3.05) is 19.4 Å². The van der Waals surface area contributed by atoms with Crippen LogP contribution in [0.1, 0.15) is 18.5 Å². The molecule has 0 amide bonds. The molecule has 110 valence electrons. The Bertz CT molecular complexity index is 566. The van der Waals surface area contributed by atoms with Gasteiger partial charge in [0.25, 0.3) is 0 Å². The lowest BCUT2D eigenvalue weighted by molar-refractivity contribution is 0.538. The summed E-state index contributed by atoms with van der Waals surface area (Å²) < 4.78 is 0. The Morgan fingerprint density at radius 1 is 0.952 bits per heavy atom. The molecule has 2 rings (SSSR count). The fourth-order valence-electron chi connectivity index (χ4n) is 2.42. The van der Waals surface area contributed by atoms with E-state index in [4.69, 9.17) is 12.2 Å². The van der Waals surface area contributed by atoms with Crippen LogP contribution in [-0.2, 0) is 0 Å². The van der Waals surface area contributed by atoms with E-state index >= 15 is 0 Å². The number of thiocarbonyl (C=S) groups is 1. The first-order valence-electron chi connectivity index (χ1n) is 7.17. The molecule has 2 atom stereocenters. The predicted molar refractivity (Wildman–Crippen MR) is 94.7 cm³/mol. The molecule has 0 radical (unpaired) electrons. The van der Waals surface area contributed by atoms with Crippen molar-refractivity contribution in [3.8, 4) is 0 Å². The van der Waals surface area contributed by atoms with Crippen LogP contribution in [0.15, 0.2) is 60.7 Å². The molecule has 0 fully saturated rings. The molecule has 0 bridgehead atoms. The maximum Gasteiger partial charge on any atom is 0.0826 e. The summed E-state index contributed by atoms with van der Waals surface area (Å²) in [4.78, 5) is 2.97. The molecular formula is C18H22N2S. The second kappa shape index (κ2) is 7.23. The highest BCUT2D eigenvalue weighted by atomic mass is 32.1. The Balaban J connectivity index is 2.29. The van der Waals surface area contributed by atoms with Gasteiger partial charge in [-0.15, -0.1) is 0 Å². The zero-order valence-electron chi connectivity index (χ0n) is 12.8. The van der Waals surface area contributed by atoms with Gasteiger partial charge in [0, 0.05) is 25.7 Å². The van der Waals surface area contributed by atoms with E-state index in [2.05, 4.69) is 48.6 Å². The number of rotatable bonds is 5. The predicted octanol–water partition coefficient (Wildman–Crippen LogP) is 4.36. The quantitative estimate of drug-likeness (QED) is 0.825. The molecule has 1 N–H and O–H groups in total. The monoisotopic (exact) mass is 298 g/mol. The Labute approximate surface area is 132 Å². The summed E-state index contributed by atoms with van der Waals surface area (Å²) >= 11 is 5.58. The van der Waals surface area contributed by atoms with E-state index in [1.807, 2.05) is 43.3 Å². The first-order valence-corrected chi connectivity index (χ1v) is 7.58. The lowest BCUT2D eigenvalue weighted by Gasteiger charge is -2.30. The van der Waals surface area contributed by atoms with Crippen LogP contribution in [0.2, 0.25) is 0 Å². The van der Waals surface area contributed by atoms with E-state index < -0.39 is 0 Å². The summed E-state index contributed by atoms with van der Waals surface area (Å²) in [6.07, 6.45) is 0. The lowest BCUT2D eigenvalue weighted by atomic mass is 9.93. The number of para-hydroxylation sites is 1. The van der Waals surface area contributed by atoms with Gasteiger partial charge in [-0.2, -0.15) is 0 Å². The van der Waals surface area contributed by atoms with Crippen LogP contribution < -0.4 is 5.32 Å². The Morgan fingerprint density at radius 3 is 2.00 bits per heavy atom. The van der Waals surface area contributed by atoms with Crippen LogP contribution >= 0.6 is 12.2 Å². The van der Waals surface area contributed by atoms with Gasteiger partial charge in [0.15, 0.2) is 0 Å². The molecule has 0 aliphatic carbocycles. The zero-order valence-corrected chi connectivity index (χ0v) is 13.6. The second-order valence-electron chi connectivity index (χ2n) is 5.42. The smallest absolute Gasteiger partial charge is 0.0826 e. The number of nitrogens with zero attached hydrogens (tertiary/aromatic N) is 1. The summed E-state index contributed by atoms with van der Waals surface area (Å²) in [5.41, 5.74) is 2.36. The molecule has 0 saturated carbocycles. The molecule has 21 heavy (non-hydrogen) atoms. The lowest BCUT2D eigenvalue weighted by Crippen LogP contribution is -2.33. The number of benzene rings is 2. The van der Waals surface area contributed by atoms with Crippen LogP contribution in [0.4, 0.5) is 5.69 Å². The molecule has 2 aromatic rings. The van der Waals surface area contributed by atoms with Crippen molar-refractivity contribution < 1.29 is 0 Å². The first kappa shape index (κ1) is 15.5. The van der Waals surface area contributed by atoms with Gasteiger partial charge in [-0.05, 0) is 17.7 Å². The minimum Gasteiger partial charge on any atom is -0.378 e. The fraction of sp³-hybridized carbons (Fsp3) is 0.278. The average molecular weight is 298 g/mol. The number of nitrogens with one attached hydrogen (secondary N) is 1. The van der Waals surface area contributed by atoms with Crippen LogP contribution in [-0.4, -0.2) is 24.0 Å². The topological polar surface area (TPSA) is 15.3 Å². The van der Waals surface area contributed by atoms with E-state index in [9.17, 15) is 0 Å². The van der Waals surface area contributed by atoms with Gasteiger partial charge >= 0.3 is 0 Å². The molecule has 0 spiro atoms. The summed E-state index contributed by atoms with van der Waals surface area (Å²) in [6, 6.07) is 20.9. The highest BCUT2D eigenvalue weighted by Crippen LogP contribution is 2.28. The summed E-state index contributed by atoms with van der Waals surface area (Å²) in [5.74, 6) is 0.220. The van der Waals surface area contributed by atoms with Crippen LogP contribution in [0.5, 0.6) is 0 Å². The van der Waals surface area contributed by atoms with Crippen molar-refractivity contribution in [1.82, 2.24) is 4.90 Å². The number of hydrogen-bond donors (Lipinski definition) is 1. The van der Waals surface area contributed by atoms with Crippen LogP contribution in [0.3, 0.4) is 0 Å². The number of anilines is 1. The average Bonchev–Trinajstić information content (AvgIpc) is 2.53. The molecule has 0 unspecified atom stereocenters. The van der Waals surface area contributed by atoms with Gasteiger partial charge < -0.3 is 10.2 Å². The van der Waals surface area contributed by atoms with E-state index in [1.165, 1.54) is 5.56 Å². The molecule has 0 saturated heterocycles. The standard InChI is InChI=1S/C18H22N2S/c1-14(18(21)20(2)3)17(15-10-6-4-7-11-15)19-16-12-8-5-9-13-16/h4-14,17,19H,1-3H3/t14-,17-/m0/s1. The minimum absolute atomic E-state index is 0.156. The molecule has 0 aliphatic heterocycles. The zero-order chi connectivity index (χ0) is 15.2. The van der Waals surface area contributed by atoms with Gasteiger partial charge in [-0.25, -0.2) is 0 Å². The summed E-state index contributed by atoms with van der Waals surface area (Å²) in [7, 11) is 4.01. The van der Waals surface area contributed by atoms with E-state index in [1.54, 1.807) is 0 Å². The highest BCUT2D eigenvalue weighted by Gasteiger charge is 2.23. The van der Waals surface area contributed by atoms with E-state index in [0.717, 1.165) is 10.7 Å². The largest absolute Gasteiger partial charge is 0.378 e. The van der Waals surface area contributed by atoms with E-state index in [0.29, 0.717) is 0 Å². The van der Waals surface area contributed by atoms with E-state index in [-0.39, 0.29) is 12.0 Å². The van der Waals surface area contributed by atoms with Crippen molar-refractivity contribution in [3.63, 3.8) is 0 Å². The van der Waals surface area contributed by atoms with Gasteiger partial charge in [0.1, 0.15) is 0 Å². The normalized spacial score (nSPS) is 13.3. The van der Waals surface area contributed by atoms with Gasteiger partial charge in [-0.1, -0.05) is 67.7 Å². The minimum atomic E-state index is 0.156. The third kappa shape index (κ3) is 4.05. The Morgan fingerprint density at radius 2 is 1.48 bits per heavy atom. The molecule has 0 aromatic heterocycles. The Hall–Kier alpha value is -1.87. The first-order chi connectivity index (χ1) is 10.1. The number of hydrogen-bond acceptors (Lipinski definition) is 2. The maximum atomic E-state index is 5.58. The van der Waals surface area contributed by atoms with Crippen molar-refractivity contribution in [2.24, 2.45) is 5.92 Å². The van der Waals surface area contributed by atoms with Crippen molar-refractivity contribution in [3.05, 3.63) is 66.2 Å². The molecule has 0 aliphatic rings. The molecule has 2 nitrogen and oxygen atoms in total. The van der Waals surface area contributed by atoms with Gasteiger partial charge in [-0.3, -0.25) is 0 Å². The van der Waals surface area contributed by atoms with Crippen molar-refractivity contribution >= 4 is 22.9 Å². The summed E-state index contributed by atoms with van der Waals surface area (Å²) in [6.45, 7) is 2.18. The maximum absolute atomic E-state index is 5.58. The molecule has 0 heterocycles. The van der Waals surface area contributed by atoms with Crippen molar-refractivity contribution in [2.45, 2.75) is 13.0 Å². The summed E-state index contributed by atoms with van der Waals surface area (Å²) in [5, 5.41) is 3.62. The Kier molecular flexibility index (Phi) is 5.34. The SMILES string of the molecule is C[C@H](C(=S)N(C)C)[C@H](Nc1ccccc1)c1ccccc1. The molecule has 3 heteroatoms. The molecule has 2 aromatic carbocycles. The highest BCUT2D eigenvalue weighted by molar-refractivity contribution is 7.80. The third-order valence-corrected chi connectivity index (χ3v) is 4.32.